The van der Waals surface area contributed by atoms with Gasteiger partial charge in [-0.05, 0) is 42.5 Å². The van der Waals surface area contributed by atoms with Gasteiger partial charge in [-0.2, -0.15) is 4.31 Å². The van der Waals surface area contributed by atoms with Crippen molar-refractivity contribution in [3.63, 3.8) is 0 Å². The van der Waals surface area contributed by atoms with Crippen LogP contribution in [0.5, 0.6) is 11.5 Å². The van der Waals surface area contributed by atoms with E-state index in [0.29, 0.717) is 53.5 Å². The highest BCUT2D eigenvalue weighted by molar-refractivity contribution is 7.91. The SMILES string of the molecule is COc1ccc(-c2ccc(N3CCN(S(=O)(=O)c4ccc(Cl)s4)CC3)nn2)cc1OC. The van der Waals surface area contributed by atoms with Gasteiger partial charge < -0.3 is 14.4 Å². The second-order valence-corrected chi connectivity index (χ2v) is 10.7. The van der Waals surface area contributed by atoms with E-state index in [4.69, 9.17) is 21.1 Å². The molecule has 1 fully saturated rings. The number of hydrogen-bond donors (Lipinski definition) is 0. The molecule has 1 saturated heterocycles. The number of ether oxygens (including phenoxy) is 2. The largest absolute Gasteiger partial charge is 0.493 e. The maximum atomic E-state index is 12.8. The molecule has 4 rings (SSSR count). The Bertz CT molecular complexity index is 1160. The molecule has 3 heterocycles. The van der Waals surface area contributed by atoms with Crippen LogP contribution in [-0.2, 0) is 10.0 Å². The van der Waals surface area contributed by atoms with Crippen molar-refractivity contribution in [3.05, 3.63) is 46.8 Å². The molecule has 0 atom stereocenters. The molecule has 1 aliphatic rings. The molecule has 1 aliphatic heterocycles. The number of hydrogen-bond acceptors (Lipinski definition) is 8. The molecule has 0 spiro atoms. The van der Waals surface area contributed by atoms with Crippen LogP contribution >= 0.6 is 22.9 Å². The monoisotopic (exact) mass is 480 g/mol. The molecule has 31 heavy (non-hydrogen) atoms. The van der Waals surface area contributed by atoms with Crippen molar-refractivity contribution in [1.29, 1.82) is 0 Å². The van der Waals surface area contributed by atoms with Crippen LogP contribution in [0, 0.1) is 0 Å². The van der Waals surface area contributed by atoms with E-state index in [2.05, 4.69) is 10.2 Å². The highest BCUT2D eigenvalue weighted by Crippen LogP contribution is 2.32. The summed E-state index contributed by atoms with van der Waals surface area (Å²) in [4.78, 5) is 2.03. The van der Waals surface area contributed by atoms with Gasteiger partial charge in [-0.25, -0.2) is 8.42 Å². The van der Waals surface area contributed by atoms with E-state index in [9.17, 15) is 8.42 Å². The molecular formula is C20H21ClN4O4S2. The molecule has 164 valence electrons. The number of piperazine rings is 1. The first-order valence-corrected chi connectivity index (χ1v) is 12.1. The molecule has 0 N–H and O–H groups in total. The van der Waals surface area contributed by atoms with Crippen LogP contribution in [0.25, 0.3) is 11.3 Å². The van der Waals surface area contributed by atoms with Crippen LogP contribution in [0.15, 0.2) is 46.7 Å². The Morgan fingerprint density at radius 3 is 2.26 bits per heavy atom. The first-order valence-electron chi connectivity index (χ1n) is 9.49. The van der Waals surface area contributed by atoms with Crippen LogP contribution in [0.2, 0.25) is 4.34 Å². The summed E-state index contributed by atoms with van der Waals surface area (Å²) in [6.45, 7) is 1.80. The van der Waals surface area contributed by atoms with Crippen molar-refractivity contribution < 1.29 is 17.9 Å². The minimum absolute atomic E-state index is 0.269. The van der Waals surface area contributed by atoms with Crippen LogP contribution < -0.4 is 14.4 Å². The van der Waals surface area contributed by atoms with Gasteiger partial charge in [-0.3, -0.25) is 0 Å². The molecule has 0 amide bonds. The van der Waals surface area contributed by atoms with Gasteiger partial charge in [0.1, 0.15) is 4.21 Å². The third kappa shape index (κ3) is 4.47. The van der Waals surface area contributed by atoms with Crippen molar-refractivity contribution in [3.8, 4) is 22.8 Å². The molecule has 3 aromatic rings. The van der Waals surface area contributed by atoms with E-state index in [1.807, 2.05) is 35.2 Å². The Morgan fingerprint density at radius 1 is 0.935 bits per heavy atom. The third-order valence-corrected chi connectivity index (χ3v) is 8.63. The van der Waals surface area contributed by atoms with Crippen LogP contribution in [-0.4, -0.2) is 63.3 Å². The molecule has 0 bridgehead atoms. The maximum Gasteiger partial charge on any atom is 0.252 e. The Kier molecular flexibility index (Phi) is 6.33. The average molecular weight is 481 g/mol. The lowest BCUT2D eigenvalue weighted by Gasteiger charge is -2.34. The fourth-order valence-corrected chi connectivity index (χ4v) is 6.42. The van der Waals surface area contributed by atoms with E-state index >= 15 is 0 Å². The zero-order chi connectivity index (χ0) is 22.0. The summed E-state index contributed by atoms with van der Waals surface area (Å²) >= 11 is 6.97. The smallest absolute Gasteiger partial charge is 0.252 e. The molecule has 0 unspecified atom stereocenters. The summed E-state index contributed by atoms with van der Waals surface area (Å²) in [7, 11) is -0.343. The lowest BCUT2D eigenvalue weighted by molar-refractivity contribution is 0.355. The van der Waals surface area contributed by atoms with Crippen LogP contribution in [0.4, 0.5) is 5.82 Å². The predicted molar refractivity (Wildman–Crippen MR) is 121 cm³/mol. The topological polar surface area (TPSA) is 84.9 Å². The van der Waals surface area contributed by atoms with Gasteiger partial charge in [0.15, 0.2) is 17.3 Å². The molecule has 11 heteroatoms. The van der Waals surface area contributed by atoms with E-state index in [-0.39, 0.29) is 4.21 Å². The lowest BCUT2D eigenvalue weighted by atomic mass is 10.1. The number of rotatable bonds is 6. The summed E-state index contributed by atoms with van der Waals surface area (Å²) in [5, 5.41) is 8.69. The zero-order valence-electron chi connectivity index (χ0n) is 17.0. The molecule has 1 aromatic carbocycles. The zero-order valence-corrected chi connectivity index (χ0v) is 19.4. The molecule has 0 radical (unpaired) electrons. The van der Waals surface area contributed by atoms with Crippen molar-refractivity contribution in [2.45, 2.75) is 4.21 Å². The fourth-order valence-electron chi connectivity index (χ4n) is 3.36. The molecule has 8 nitrogen and oxygen atoms in total. The van der Waals surface area contributed by atoms with Gasteiger partial charge in [0.05, 0.1) is 24.2 Å². The quantitative estimate of drug-likeness (QED) is 0.534. The normalized spacial score (nSPS) is 15.1. The van der Waals surface area contributed by atoms with E-state index in [1.165, 1.54) is 4.31 Å². The lowest BCUT2D eigenvalue weighted by Crippen LogP contribution is -2.48. The number of thiophene rings is 1. The van der Waals surface area contributed by atoms with Crippen LogP contribution in [0.3, 0.4) is 0 Å². The van der Waals surface area contributed by atoms with Crippen molar-refractivity contribution in [2.75, 3.05) is 45.3 Å². The number of nitrogens with zero attached hydrogens (tertiary/aromatic N) is 4. The minimum Gasteiger partial charge on any atom is -0.493 e. The first-order chi connectivity index (χ1) is 14.9. The fraction of sp³-hybridized carbons (Fsp3) is 0.300. The Hall–Kier alpha value is -2.40. The second-order valence-electron chi connectivity index (χ2n) is 6.80. The summed E-state index contributed by atoms with van der Waals surface area (Å²) in [5.41, 5.74) is 1.57. The van der Waals surface area contributed by atoms with Gasteiger partial charge in [-0.15, -0.1) is 21.5 Å². The number of anilines is 1. The van der Waals surface area contributed by atoms with E-state index < -0.39 is 10.0 Å². The number of methoxy groups -OCH3 is 2. The van der Waals surface area contributed by atoms with Gasteiger partial charge in [0.2, 0.25) is 0 Å². The highest BCUT2D eigenvalue weighted by Gasteiger charge is 2.30. The summed E-state index contributed by atoms with van der Waals surface area (Å²) in [5.74, 6) is 1.98. The second kappa shape index (κ2) is 8.99. The first kappa shape index (κ1) is 21.8. The summed E-state index contributed by atoms with van der Waals surface area (Å²) in [6, 6.07) is 12.5. The van der Waals surface area contributed by atoms with Gasteiger partial charge in [-0.1, -0.05) is 11.6 Å². The van der Waals surface area contributed by atoms with Crippen LogP contribution in [0.1, 0.15) is 0 Å². The van der Waals surface area contributed by atoms with Gasteiger partial charge in [0, 0.05) is 31.7 Å². The molecular weight excluding hydrogens is 460 g/mol. The Labute approximate surface area is 190 Å². The molecule has 0 saturated carbocycles. The average Bonchev–Trinajstić information content (AvgIpc) is 3.26. The van der Waals surface area contributed by atoms with Crippen molar-refractivity contribution in [2.24, 2.45) is 0 Å². The molecule has 0 aliphatic carbocycles. The highest BCUT2D eigenvalue weighted by atomic mass is 35.5. The molecule has 2 aromatic heterocycles. The van der Waals surface area contributed by atoms with Crippen molar-refractivity contribution in [1.82, 2.24) is 14.5 Å². The number of aromatic nitrogens is 2. The number of sulfonamides is 1. The third-order valence-electron chi connectivity index (χ3n) is 5.04. The van der Waals surface area contributed by atoms with Gasteiger partial charge >= 0.3 is 0 Å². The van der Waals surface area contributed by atoms with E-state index in [1.54, 1.807) is 26.4 Å². The summed E-state index contributed by atoms with van der Waals surface area (Å²) < 4.78 is 38.3. The standard InChI is InChI=1S/C20H21ClN4O4S2/c1-28-16-5-3-14(13-17(16)29-2)15-4-7-19(23-22-15)24-9-11-25(12-10-24)31(26,27)20-8-6-18(21)30-20/h3-8,13H,9-12H2,1-2H3. The summed E-state index contributed by atoms with van der Waals surface area (Å²) in [6.07, 6.45) is 0. The van der Waals surface area contributed by atoms with Crippen molar-refractivity contribution >= 4 is 38.8 Å². The maximum absolute atomic E-state index is 12.8. The van der Waals surface area contributed by atoms with Gasteiger partial charge in [0.25, 0.3) is 10.0 Å². The van der Waals surface area contributed by atoms with E-state index in [0.717, 1.165) is 16.9 Å². The minimum atomic E-state index is -3.52. The Balaban J connectivity index is 1.44. The number of halogens is 1. The predicted octanol–water partition coefficient (Wildman–Crippen LogP) is 3.39. The number of benzene rings is 1. The Morgan fingerprint density at radius 2 is 1.68 bits per heavy atom.